The topological polar surface area (TPSA) is 49.6 Å². The molecule has 0 radical (unpaired) electrons. The number of urea groups is 1. The van der Waals surface area contributed by atoms with E-state index in [0.717, 1.165) is 25.8 Å². The summed E-state index contributed by atoms with van der Waals surface area (Å²) < 4.78 is 0. The van der Waals surface area contributed by atoms with E-state index < -0.39 is 0 Å². The average molecular weight is 227 g/mol. The van der Waals surface area contributed by atoms with Gasteiger partial charge in [-0.3, -0.25) is 0 Å². The summed E-state index contributed by atoms with van der Waals surface area (Å²) in [5, 5.41) is 0. The van der Waals surface area contributed by atoms with Gasteiger partial charge in [0.15, 0.2) is 0 Å². The Labute approximate surface area is 98.8 Å². The van der Waals surface area contributed by atoms with Gasteiger partial charge in [-0.05, 0) is 25.8 Å². The second-order valence-corrected chi connectivity index (χ2v) is 4.80. The molecule has 1 rings (SSSR count). The van der Waals surface area contributed by atoms with E-state index >= 15 is 0 Å². The van der Waals surface area contributed by atoms with Crippen molar-refractivity contribution in [2.24, 2.45) is 5.73 Å². The van der Waals surface area contributed by atoms with Gasteiger partial charge in [0.05, 0.1) is 0 Å². The maximum Gasteiger partial charge on any atom is 0.319 e. The zero-order valence-electron chi connectivity index (χ0n) is 10.6. The fraction of sp³-hybridized carbons (Fsp3) is 0.917. The smallest absolute Gasteiger partial charge is 0.319 e. The lowest BCUT2D eigenvalue weighted by Gasteiger charge is -2.36. The summed E-state index contributed by atoms with van der Waals surface area (Å²) in [6.45, 7) is 1.46. The highest BCUT2D eigenvalue weighted by atomic mass is 16.2. The van der Waals surface area contributed by atoms with Gasteiger partial charge >= 0.3 is 6.03 Å². The van der Waals surface area contributed by atoms with E-state index in [4.69, 9.17) is 5.73 Å². The average Bonchev–Trinajstić information content (AvgIpc) is 2.30. The third kappa shape index (κ3) is 3.67. The first-order valence-electron chi connectivity index (χ1n) is 6.34. The maximum atomic E-state index is 12.1. The maximum absolute atomic E-state index is 12.1. The van der Waals surface area contributed by atoms with E-state index in [1.807, 2.05) is 19.0 Å². The van der Waals surface area contributed by atoms with Gasteiger partial charge in [-0.15, -0.1) is 0 Å². The number of amides is 2. The fourth-order valence-electron chi connectivity index (χ4n) is 2.35. The van der Waals surface area contributed by atoms with Crippen LogP contribution >= 0.6 is 0 Å². The van der Waals surface area contributed by atoms with Crippen molar-refractivity contribution < 1.29 is 4.79 Å². The summed E-state index contributed by atoms with van der Waals surface area (Å²) in [5.74, 6) is 0. The van der Waals surface area contributed by atoms with Crippen LogP contribution in [0.1, 0.15) is 38.5 Å². The van der Waals surface area contributed by atoms with E-state index in [0.29, 0.717) is 12.6 Å². The van der Waals surface area contributed by atoms with E-state index in [2.05, 4.69) is 0 Å². The minimum Gasteiger partial charge on any atom is -0.331 e. The molecular formula is C12H25N3O. The molecule has 0 aromatic carbocycles. The van der Waals surface area contributed by atoms with Crippen LogP contribution in [0.3, 0.4) is 0 Å². The zero-order valence-corrected chi connectivity index (χ0v) is 10.6. The number of carbonyl (C=O) groups is 1. The molecule has 0 atom stereocenters. The van der Waals surface area contributed by atoms with E-state index in [9.17, 15) is 4.79 Å². The molecule has 0 aromatic heterocycles. The molecule has 4 heteroatoms. The summed E-state index contributed by atoms with van der Waals surface area (Å²) in [7, 11) is 3.64. The summed E-state index contributed by atoms with van der Waals surface area (Å²) in [6.07, 6.45) is 7.04. The van der Waals surface area contributed by atoms with Gasteiger partial charge in [0.1, 0.15) is 0 Å². The highest BCUT2D eigenvalue weighted by molar-refractivity contribution is 5.74. The molecule has 0 aliphatic heterocycles. The summed E-state index contributed by atoms with van der Waals surface area (Å²) in [6, 6.07) is 0.579. The van der Waals surface area contributed by atoms with Gasteiger partial charge in [-0.2, -0.15) is 0 Å². The van der Waals surface area contributed by atoms with Crippen molar-refractivity contribution >= 4 is 6.03 Å². The molecule has 16 heavy (non-hydrogen) atoms. The van der Waals surface area contributed by atoms with Crippen LogP contribution in [0.2, 0.25) is 0 Å². The molecule has 1 fully saturated rings. The molecule has 1 saturated carbocycles. The number of hydrogen-bond acceptors (Lipinski definition) is 2. The Bertz CT molecular complexity index is 212. The van der Waals surface area contributed by atoms with Gasteiger partial charge in [0, 0.05) is 26.7 Å². The van der Waals surface area contributed by atoms with E-state index in [1.165, 1.54) is 19.3 Å². The number of nitrogens with zero attached hydrogens (tertiary/aromatic N) is 2. The molecule has 4 nitrogen and oxygen atoms in total. The van der Waals surface area contributed by atoms with Crippen molar-refractivity contribution in [1.82, 2.24) is 9.80 Å². The number of hydrogen-bond donors (Lipinski definition) is 1. The second kappa shape index (κ2) is 6.74. The molecule has 0 spiro atoms. The van der Waals surface area contributed by atoms with Gasteiger partial charge in [-0.25, -0.2) is 4.79 Å². The first-order valence-corrected chi connectivity index (χ1v) is 6.34. The lowest BCUT2D eigenvalue weighted by Crippen LogP contribution is -2.47. The molecule has 94 valence electrons. The van der Waals surface area contributed by atoms with Crippen molar-refractivity contribution in [3.8, 4) is 0 Å². The molecular weight excluding hydrogens is 202 g/mol. The number of rotatable bonds is 4. The van der Waals surface area contributed by atoms with Crippen LogP contribution in [-0.2, 0) is 0 Å². The van der Waals surface area contributed by atoms with Crippen molar-refractivity contribution in [2.75, 3.05) is 27.2 Å². The highest BCUT2D eigenvalue weighted by Crippen LogP contribution is 2.23. The molecule has 0 saturated heterocycles. The van der Waals surface area contributed by atoms with Crippen molar-refractivity contribution in [3.05, 3.63) is 0 Å². The zero-order chi connectivity index (χ0) is 12.0. The summed E-state index contributed by atoms with van der Waals surface area (Å²) in [4.78, 5) is 15.8. The Morgan fingerprint density at radius 2 is 1.88 bits per heavy atom. The van der Waals surface area contributed by atoms with Crippen LogP contribution in [0.15, 0.2) is 0 Å². The van der Waals surface area contributed by atoms with Crippen molar-refractivity contribution in [2.45, 2.75) is 44.6 Å². The van der Waals surface area contributed by atoms with Crippen LogP contribution < -0.4 is 5.73 Å². The quantitative estimate of drug-likeness (QED) is 0.794. The summed E-state index contributed by atoms with van der Waals surface area (Å²) >= 11 is 0. The van der Waals surface area contributed by atoms with Crippen molar-refractivity contribution in [3.63, 3.8) is 0 Å². The first kappa shape index (κ1) is 13.3. The normalized spacial score (nSPS) is 17.2. The Morgan fingerprint density at radius 3 is 2.38 bits per heavy atom. The third-order valence-electron chi connectivity index (χ3n) is 3.25. The number of carbonyl (C=O) groups excluding carboxylic acids is 1. The first-order chi connectivity index (χ1) is 7.66. The van der Waals surface area contributed by atoms with Gasteiger partial charge in [0.2, 0.25) is 0 Å². The Hall–Kier alpha value is -0.770. The van der Waals surface area contributed by atoms with Crippen LogP contribution in [0.4, 0.5) is 4.79 Å². The van der Waals surface area contributed by atoms with Gasteiger partial charge in [-0.1, -0.05) is 19.3 Å². The van der Waals surface area contributed by atoms with Crippen LogP contribution in [-0.4, -0.2) is 49.1 Å². The highest BCUT2D eigenvalue weighted by Gasteiger charge is 2.25. The molecule has 1 aliphatic carbocycles. The third-order valence-corrected chi connectivity index (χ3v) is 3.25. The van der Waals surface area contributed by atoms with Crippen LogP contribution in [0, 0.1) is 0 Å². The molecule has 0 heterocycles. The minimum atomic E-state index is 0.139. The van der Waals surface area contributed by atoms with E-state index in [1.54, 1.807) is 4.90 Å². The largest absolute Gasteiger partial charge is 0.331 e. The Balaban J connectivity index is 2.57. The number of nitrogens with two attached hydrogens (primary N) is 1. The van der Waals surface area contributed by atoms with Crippen LogP contribution in [0.5, 0.6) is 0 Å². The molecule has 2 amide bonds. The molecule has 0 aromatic rings. The summed E-state index contributed by atoms with van der Waals surface area (Å²) in [5.41, 5.74) is 5.53. The lowest BCUT2D eigenvalue weighted by molar-refractivity contribution is 0.133. The van der Waals surface area contributed by atoms with Crippen LogP contribution in [0.25, 0.3) is 0 Å². The standard InChI is InChI=1S/C12H25N3O/c1-14(2)12(16)15(10-6-9-13)11-7-4-3-5-8-11/h11H,3-10,13H2,1-2H3. The predicted molar refractivity (Wildman–Crippen MR) is 66.3 cm³/mol. The minimum absolute atomic E-state index is 0.139. The lowest BCUT2D eigenvalue weighted by atomic mass is 9.94. The predicted octanol–water partition coefficient (Wildman–Crippen LogP) is 1.65. The Morgan fingerprint density at radius 1 is 1.25 bits per heavy atom. The Kier molecular flexibility index (Phi) is 5.60. The molecule has 0 bridgehead atoms. The second-order valence-electron chi connectivity index (χ2n) is 4.80. The molecule has 0 unspecified atom stereocenters. The van der Waals surface area contributed by atoms with Gasteiger partial charge in [0.25, 0.3) is 0 Å². The van der Waals surface area contributed by atoms with E-state index in [-0.39, 0.29) is 6.03 Å². The fourth-order valence-corrected chi connectivity index (χ4v) is 2.35. The molecule has 1 aliphatic rings. The monoisotopic (exact) mass is 227 g/mol. The van der Waals surface area contributed by atoms with Gasteiger partial charge < -0.3 is 15.5 Å². The van der Waals surface area contributed by atoms with Crippen molar-refractivity contribution in [1.29, 1.82) is 0 Å². The SMILES string of the molecule is CN(C)C(=O)N(CCCN)C1CCCCC1. The molecule has 2 N–H and O–H groups in total.